The van der Waals surface area contributed by atoms with Crippen LogP contribution in [0.5, 0.6) is 0 Å². The van der Waals surface area contributed by atoms with E-state index < -0.39 is 30.1 Å². The molecule has 1 aliphatic rings. The van der Waals surface area contributed by atoms with Crippen LogP contribution in [0, 0.1) is 5.92 Å². The van der Waals surface area contributed by atoms with Crippen LogP contribution in [0.1, 0.15) is 65.5 Å². The molecule has 0 radical (unpaired) electrons. The molecule has 0 aromatic carbocycles. The first-order chi connectivity index (χ1) is 13.7. The van der Waals surface area contributed by atoms with Gasteiger partial charge < -0.3 is 15.2 Å². The van der Waals surface area contributed by atoms with Crippen molar-refractivity contribution in [1.82, 2.24) is 15.2 Å². The number of carbonyl (C=O) groups excluding carboxylic acids is 1. The molecule has 3 atom stereocenters. The number of rotatable bonds is 7. The number of pyridine rings is 1. The summed E-state index contributed by atoms with van der Waals surface area (Å²) in [6.07, 6.45) is -1.33. The van der Waals surface area contributed by atoms with Crippen LogP contribution >= 0.6 is 0 Å². The minimum absolute atomic E-state index is 0.144. The average Bonchev–Trinajstić information content (AvgIpc) is 2.91. The number of ether oxygens (including phenoxy) is 1. The van der Waals surface area contributed by atoms with E-state index in [2.05, 4.69) is 10.3 Å². The Labute approximate surface area is 175 Å². The fourth-order valence-electron chi connectivity index (χ4n) is 3.94. The fourth-order valence-corrected chi connectivity index (χ4v) is 3.94. The van der Waals surface area contributed by atoms with E-state index in [0.717, 1.165) is 6.42 Å². The largest absolute Gasteiger partial charge is 0.471 e. The molecule has 0 aliphatic carbocycles. The van der Waals surface area contributed by atoms with Gasteiger partial charge in [0.15, 0.2) is 0 Å². The van der Waals surface area contributed by atoms with Gasteiger partial charge in [-0.05, 0) is 77.5 Å². The van der Waals surface area contributed by atoms with Crippen molar-refractivity contribution in [3.63, 3.8) is 0 Å². The van der Waals surface area contributed by atoms with E-state index in [4.69, 9.17) is 4.74 Å². The lowest BCUT2D eigenvalue weighted by molar-refractivity contribution is -0.251. The van der Waals surface area contributed by atoms with E-state index in [9.17, 15) is 23.1 Å². The van der Waals surface area contributed by atoms with Crippen LogP contribution in [0.25, 0.3) is 0 Å². The van der Waals surface area contributed by atoms with Gasteiger partial charge >= 0.3 is 12.1 Å². The number of halogens is 3. The summed E-state index contributed by atoms with van der Waals surface area (Å²) >= 11 is 0. The lowest BCUT2D eigenvalue weighted by atomic mass is 9.91. The van der Waals surface area contributed by atoms with Crippen LogP contribution in [0.15, 0.2) is 24.5 Å². The quantitative estimate of drug-likeness (QED) is 0.643. The molecule has 1 saturated heterocycles. The molecule has 0 spiro atoms. The first-order valence-corrected chi connectivity index (χ1v) is 10.1. The summed E-state index contributed by atoms with van der Waals surface area (Å²) in [4.78, 5) is 17.3. The molecule has 0 saturated carbocycles. The minimum atomic E-state index is -4.94. The van der Waals surface area contributed by atoms with Crippen molar-refractivity contribution in [2.45, 2.75) is 83.7 Å². The van der Waals surface area contributed by atoms with Crippen LogP contribution in [-0.4, -0.2) is 51.2 Å². The van der Waals surface area contributed by atoms with Crippen molar-refractivity contribution in [1.29, 1.82) is 0 Å². The monoisotopic (exact) mass is 431 g/mol. The summed E-state index contributed by atoms with van der Waals surface area (Å²) in [6.45, 7) is 10.2. The second-order valence-corrected chi connectivity index (χ2v) is 9.47. The molecule has 1 aliphatic heterocycles. The third-order valence-electron chi connectivity index (χ3n) is 5.28. The summed E-state index contributed by atoms with van der Waals surface area (Å²) < 4.78 is 44.0. The van der Waals surface area contributed by atoms with Gasteiger partial charge in [0.25, 0.3) is 0 Å². The van der Waals surface area contributed by atoms with Gasteiger partial charge in [0.1, 0.15) is 0 Å². The normalized spacial score (nSPS) is 22.0. The molecule has 9 heteroatoms. The molecule has 2 unspecified atom stereocenters. The highest BCUT2D eigenvalue weighted by molar-refractivity contribution is 5.82. The summed E-state index contributed by atoms with van der Waals surface area (Å²) in [7, 11) is 0. The molecule has 2 N–H and O–H groups in total. The van der Waals surface area contributed by atoms with E-state index in [1.54, 1.807) is 12.1 Å². The Morgan fingerprint density at radius 2 is 1.93 bits per heavy atom. The lowest BCUT2D eigenvalue weighted by Crippen LogP contribution is -2.49. The SMILES string of the molecule is CC(C)(C)OC(O)N1C[C@@H](CCC(NC(=O)C(F)(F)F)c2ccncc2)CC1(C)C. The number of aromatic nitrogens is 1. The summed E-state index contributed by atoms with van der Waals surface area (Å²) in [5, 5.41) is 12.6. The molecule has 1 aromatic heterocycles. The first kappa shape index (κ1) is 24.6. The molecule has 170 valence electrons. The Hall–Kier alpha value is -1.71. The van der Waals surface area contributed by atoms with Crippen LogP contribution in [0.2, 0.25) is 0 Å². The van der Waals surface area contributed by atoms with Crippen molar-refractivity contribution < 1.29 is 27.8 Å². The smallest absolute Gasteiger partial charge is 0.356 e. The average molecular weight is 431 g/mol. The first-order valence-electron chi connectivity index (χ1n) is 10.1. The van der Waals surface area contributed by atoms with Crippen LogP contribution in [0.4, 0.5) is 13.2 Å². The van der Waals surface area contributed by atoms with Crippen molar-refractivity contribution in [2.75, 3.05) is 6.54 Å². The van der Waals surface area contributed by atoms with E-state index in [1.807, 2.05) is 39.5 Å². The van der Waals surface area contributed by atoms with Gasteiger partial charge in [0.2, 0.25) is 6.41 Å². The zero-order valence-electron chi connectivity index (χ0n) is 18.2. The highest BCUT2D eigenvalue weighted by Gasteiger charge is 2.43. The van der Waals surface area contributed by atoms with E-state index in [1.165, 1.54) is 12.4 Å². The summed E-state index contributed by atoms with van der Waals surface area (Å²) in [6, 6.07) is 2.44. The molecule has 2 heterocycles. The second kappa shape index (κ2) is 9.20. The molecule has 30 heavy (non-hydrogen) atoms. The number of carbonyl (C=O) groups is 1. The molecule has 1 fully saturated rings. The van der Waals surface area contributed by atoms with Crippen LogP contribution in [0.3, 0.4) is 0 Å². The van der Waals surface area contributed by atoms with Gasteiger partial charge in [-0.25, -0.2) is 4.90 Å². The molecular formula is C21H32F3N3O3. The zero-order valence-corrected chi connectivity index (χ0v) is 18.2. The van der Waals surface area contributed by atoms with Crippen molar-refractivity contribution in [3.05, 3.63) is 30.1 Å². The Morgan fingerprint density at radius 1 is 1.33 bits per heavy atom. The number of hydrogen-bond donors (Lipinski definition) is 2. The number of amides is 1. The maximum absolute atomic E-state index is 12.8. The fraction of sp³-hybridized carbons (Fsp3) is 0.714. The molecule has 1 amide bonds. The predicted molar refractivity (Wildman–Crippen MR) is 106 cm³/mol. The van der Waals surface area contributed by atoms with E-state index in [-0.39, 0.29) is 11.5 Å². The maximum atomic E-state index is 12.8. The van der Waals surface area contributed by atoms with Gasteiger partial charge in [-0.2, -0.15) is 13.2 Å². The van der Waals surface area contributed by atoms with Crippen molar-refractivity contribution >= 4 is 5.91 Å². The summed E-state index contributed by atoms with van der Waals surface area (Å²) in [5.41, 5.74) is -0.258. The standard InChI is InChI=1S/C21H32F3N3O3/c1-19(2,3)30-18(29)27-13-14(12-20(27,4)5)6-7-16(15-8-10-25-11-9-15)26-17(28)21(22,23)24/h8-11,14,16,18,29H,6-7,12-13H2,1-5H3,(H,26,28)/t14-,16?,18?/m0/s1. The number of alkyl halides is 3. The van der Waals surface area contributed by atoms with E-state index >= 15 is 0 Å². The van der Waals surface area contributed by atoms with Gasteiger partial charge in [-0.15, -0.1) is 0 Å². The highest BCUT2D eigenvalue weighted by atomic mass is 19.4. The Kier molecular flexibility index (Phi) is 7.53. The van der Waals surface area contributed by atoms with Crippen molar-refractivity contribution in [3.8, 4) is 0 Å². The van der Waals surface area contributed by atoms with Crippen LogP contribution < -0.4 is 5.32 Å². The predicted octanol–water partition coefficient (Wildman–Crippen LogP) is 3.77. The molecule has 0 bridgehead atoms. The lowest BCUT2D eigenvalue weighted by Gasteiger charge is -2.37. The highest BCUT2D eigenvalue weighted by Crippen LogP contribution is 2.38. The number of aliphatic hydroxyl groups is 1. The molecule has 1 aromatic rings. The van der Waals surface area contributed by atoms with Crippen molar-refractivity contribution in [2.24, 2.45) is 5.92 Å². The third kappa shape index (κ3) is 6.92. The van der Waals surface area contributed by atoms with Gasteiger partial charge in [-0.3, -0.25) is 9.78 Å². The van der Waals surface area contributed by atoms with Crippen LogP contribution in [-0.2, 0) is 9.53 Å². The number of likely N-dealkylation sites (tertiary alicyclic amines) is 1. The van der Waals surface area contributed by atoms with E-state index in [0.29, 0.717) is 24.9 Å². The zero-order chi connectivity index (χ0) is 22.7. The van der Waals surface area contributed by atoms with Gasteiger partial charge in [0, 0.05) is 24.5 Å². The number of nitrogens with zero attached hydrogens (tertiary/aromatic N) is 2. The maximum Gasteiger partial charge on any atom is 0.471 e. The second-order valence-electron chi connectivity index (χ2n) is 9.47. The molecule has 6 nitrogen and oxygen atoms in total. The topological polar surface area (TPSA) is 74.7 Å². The molecular weight excluding hydrogens is 399 g/mol. The number of nitrogens with one attached hydrogen (secondary N) is 1. The number of hydrogen-bond acceptors (Lipinski definition) is 5. The summed E-state index contributed by atoms with van der Waals surface area (Å²) in [5.74, 6) is -1.81. The van der Waals surface area contributed by atoms with Gasteiger partial charge in [-0.1, -0.05) is 0 Å². The Balaban J connectivity index is 2.05. The minimum Gasteiger partial charge on any atom is -0.356 e. The Bertz CT molecular complexity index is 705. The van der Waals surface area contributed by atoms with Gasteiger partial charge in [0.05, 0.1) is 11.6 Å². The number of aliphatic hydroxyl groups excluding tert-OH is 1. The molecule has 2 rings (SSSR count). The third-order valence-corrected chi connectivity index (χ3v) is 5.28. The Morgan fingerprint density at radius 3 is 2.47 bits per heavy atom.